The summed E-state index contributed by atoms with van der Waals surface area (Å²) in [5, 5.41) is -0.653. The first-order valence-corrected chi connectivity index (χ1v) is 5.23. The second-order valence-corrected chi connectivity index (χ2v) is 7.45. The molecule has 0 aromatic carbocycles. The molecule has 1 aliphatic rings. The first-order valence-electron chi connectivity index (χ1n) is 1.41. The highest BCUT2D eigenvalue weighted by atomic mass is 33.2. The SMILES string of the molecule is O=S1(=O)CS1(=O)=O. The fraction of sp³-hybridized carbons (Fsp3) is 1.00. The maximum absolute atomic E-state index is 9.81. The molecule has 0 N–H and O–H groups in total. The molecule has 0 aliphatic carbocycles. The van der Waals surface area contributed by atoms with Gasteiger partial charge in [-0.05, 0) is 0 Å². The van der Waals surface area contributed by atoms with E-state index in [1.807, 2.05) is 0 Å². The van der Waals surface area contributed by atoms with Crippen molar-refractivity contribution in [2.24, 2.45) is 0 Å². The Hall–Kier alpha value is -0.100. The van der Waals surface area contributed by atoms with Gasteiger partial charge in [0.1, 0.15) is 0 Å². The Morgan fingerprint density at radius 2 is 1.00 bits per heavy atom. The van der Waals surface area contributed by atoms with Crippen molar-refractivity contribution >= 4 is 17.7 Å². The molecule has 0 radical (unpaired) electrons. The lowest BCUT2D eigenvalue weighted by Gasteiger charge is -1.50. The maximum Gasteiger partial charge on any atom is 0.270 e. The molecule has 7 heavy (non-hydrogen) atoms. The summed E-state index contributed by atoms with van der Waals surface area (Å²) < 4.78 is 39.2. The van der Waals surface area contributed by atoms with Crippen LogP contribution in [0.2, 0.25) is 0 Å². The van der Waals surface area contributed by atoms with Crippen LogP contribution in [0, 0.1) is 0 Å². The molecule has 0 atom stereocenters. The summed E-state index contributed by atoms with van der Waals surface area (Å²) in [6.45, 7) is 0. The van der Waals surface area contributed by atoms with Crippen molar-refractivity contribution in [1.82, 2.24) is 0 Å². The van der Waals surface area contributed by atoms with Crippen molar-refractivity contribution in [2.75, 3.05) is 5.08 Å². The fourth-order valence-corrected chi connectivity index (χ4v) is 2.83. The molecule has 0 aromatic heterocycles. The lowest BCUT2D eigenvalue weighted by molar-refractivity contribution is 0.603. The lowest BCUT2D eigenvalue weighted by Crippen LogP contribution is -1.72. The molecule has 42 valence electrons. The Kier molecular flexibility index (Phi) is 0.614. The summed E-state index contributed by atoms with van der Waals surface area (Å²) in [7, 11) is -7.25. The van der Waals surface area contributed by atoms with Gasteiger partial charge in [-0.2, -0.15) is 0 Å². The molecule has 1 aliphatic heterocycles. The molecule has 1 rings (SSSR count). The van der Waals surface area contributed by atoms with Crippen LogP contribution in [0.15, 0.2) is 0 Å². The maximum atomic E-state index is 9.81. The van der Waals surface area contributed by atoms with Crippen LogP contribution in [0.1, 0.15) is 0 Å². The first kappa shape index (κ1) is 5.04. The monoisotopic (exact) mass is 142 g/mol. The van der Waals surface area contributed by atoms with Gasteiger partial charge in [-0.25, -0.2) is 16.8 Å². The Morgan fingerprint density at radius 3 is 1.00 bits per heavy atom. The molecule has 1 heterocycles. The summed E-state index contributed by atoms with van der Waals surface area (Å²) in [6, 6.07) is 0. The van der Waals surface area contributed by atoms with E-state index in [0.29, 0.717) is 0 Å². The molecule has 1 fully saturated rings. The largest absolute Gasteiger partial charge is 0.270 e. The van der Waals surface area contributed by atoms with Gasteiger partial charge in [0.05, 0.1) is 0 Å². The van der Waals surface area contributed by atoms with Crippen molar-refractivity contribution < 1.29 is 16.8 Å². The average Bonchev–Trinajstić information content (AvgIpc) is 1.63. The summed E-state index contributed by atoms with van der Waals surface area (Å²) in [5.41, 5.74) is 0. The second-order valence-electron chi connectivity index (χ2n) is 1.23. The van der Waals surface area contributed by atoms with E-state index >= 15 is 0 Å². The minimum atomic E-state index is -3.62. The molecular formula is CH2O4S2. The molecule has 4 nitrogen and oxygen atoms in total. The Balaban J connectivity index is 3.55. The van der Waals surface area contributed by atoms with Crippen LogP contribution in [0.5, 0.6) is 0 Å². The van der Waals surface area contributed by atoms with Gasteiger partial charge in [0, 0.05) is 0 Å². The zero-order valence-corrected chi connectivity index (χ0v) is 4.79. The minimum absolute atomic E-state index is 0.653. The number of rotatable bonds is 0. The van der Waals surface area contributed by atoms with E-state index in [-0.39, 0.29) is 0 Å². The lowest BCUT2D eigenvalue weighted by atomic mass is 11.9. The Bertz CT molecular complexity index is 235. The van der Waals surface area contributed by atoms with E-state index < -0.39 is 22.8 Å². The molecule has 0 aromatic rings. The molecule has 0 saturated carbocycles. The van der Waals surface area contributed by atoms with Crippen molar-refractivity contribution in [2.45, 2.75) is 0 Å². The van der Waals surface area contributed by atoms with Gasteiger partial charge < -0.3 is 0 Å². The molecule has 0 amide bonds. The van der Waals surface area contributed by atoms with Gasteiger partial charge in [0.15, 0.2) is 5.08 Å². The van der Waals surface area contributed by atoms with Crippen molar-refractivity contribution in [1.29, 1.82) is 0 Å². The van der Waals surface area contributed by atoms with Crippen LogP contribution in [-0.4, -0.2) is 21.9 Å². The zero-order valence-electron chi connectivity index (χ0n) is 3.16. The van der Waals surface area contributed by atoms with Gasteiger partial charge in [-0.15, -0.1) is 0 Å². The highest BCUT2D eigenvalue weighted by Gasteiger charge is 2.50. The average molecular weight is 142 g/mol. The van der Waals surface area contributed by atoms with E-state index in [1.165, 1.54) is 0 Å². The topological polar surface area (TPSA) is 68.3 Å². The van der Waals surface area contributed by atoms with Crippen LogP contribution in [0.25, 0.3) is 0 Å². The first-order chi connectivity index (χ1) is 2.96. The second kappa shape index (κ2) is 0.851. The molecule has 0 unspecified atom stereocenters. The van der Waals surface area contributed by atoms with Gasteiger partial charge in [-0.1, -0.05) is 0 Å². The number of hydrogen-bond donors (Lipinski definition) is 0. The summed E-state index contributed by atoms with van der Waals surface area (Å²) in [6.07, 6.45) is 0. The van der Waals surface area contributed by atoms with Crippen LogP contribution in [0.4, 0.5) is 0 Å². The van der Waals surface area contributed by atoms with Crippen molar-refractivity contribution in [3.63, 3.8) is 0 Å². The quantitative estimate of drug-likeness (QED) is 0.311. The van der Waals surface area contributed by atoms with Gasteiger partial charge in [0.25, 0.3) is 17.7 Å². The zero-order chi connectivity index (χ0) is 5.71. The Morgan fingerprint density at radius 1 is 0.857 bits per heavy atom. The van der Waals surface area contributed by atoms with Crippen LogP contribution >= 0.6 is 0 Å². The summed E-state index contributed by atoms with van der Waals surface area (Å²) in [5.74, 6) is 0. The molecule has 0 bridgehead atoms. The summed E-state index contributed by atoms with van der Waals surface area (Å²) >= 11 is 0. The van der Waals surface area contributed by atoms with Crippen LogP contribution in [-0.2, 0) is 17.7 Å². The van der Waals surface area contributed by atoms with Crippen LogP contribution < -0.4 is 0 Å². The molecular weight excluding hydrogens is 140 g/mol. The molecule has 0 spiro atoms. The highest BCUT2D eigenvalue weighted by molar-refractivity contribution is 8.82. The molecule has 1 saturated heterocycles. The van der Waals surface area contributed by atoms with Crippen molar-refractivity contribution in [3.8, 4) is 0 Å². The standard InChI is InChI=1S/CH2O4S2/c2-6(3)1-7(6,4)5/h1H2. The highest BCUT2D eigenvalue weighted by Crippen LogP contribution is 2.22. The van der Waals surface area contributed by atoms with Crippen molar-refractivity contribution in [3.05, 3.63) is 0 Å². The van der Waals surface area contributed by atoms with Crippen LogP contribution in [0.3, 0.4) is 0 Å². The summed E-state index contributed by atoms with van der Waals surface area (Å²) in [4.78, 5) is 0. The smallest absolute Gasteiger partial charge is 0.211 e. The Labute approximate surface area is 40.4 Å². The van der Waals surface area contributed by atoms with Gasteiger partial charge >= 0.3 is 0 Å². The predicted molar refractivity (Wildman–Crippen MR) is 22.7 cm³/mol. The van der Waals surface area contributed by atoms with E-state index in [1.54, 1.807) is 0 Å². The van der Waals surface area contributed by atoms with E-state index in [4.69, 9.17) is 0 Å². The van der Waals surface area contributed by atoms with E-state index in [0.717, 1.165) is 0 Å². The minimum Gasteiger partial charge on any atom is -0.211 e. The fourth-order valence-electron chi connectivity index (χ4n) is 0.157. The van der Waals surface area contributed by atoms with E-state index in [2.05, 4.69) is 0 Å². The van der Waals surface area contributed by atoms with Gasteiger partial charge in [-0.3, -0.25) is 0 Å². The van der Waals surface area contributed by atoms with Gasteiger partial charge in [0.2, 0.25) is 0 Å². The van der Waals surface area contributed by atoms with E-state index in [9.17, 15) is 16.8 Å². The number of hydrogen-bond acceptors (Lipinski definition) is 4. The third-order valence-corrected chi connectivity index (χ3v) is 5.52. The molecule has 6 heteroatoms. The third kappa shape index (κ3) is 0.539. The third-order valence-electron chi connectivity index (χ3n) is 0.614. The normalized spacial score (nSPS) is 32.0. The predicted octanol–water partition coefficient (Wildman–Crippen LogP) is -1.30.